The summed E-state index contributed by atoms with van der Waals surface area (Å²) in [7, 11) is -0.912. The van der Waals surface area contributed by atoms with Crippen molar-refractivity contribution in [3.05, 3.63) is 0 Å². The van der Waals surface area contributed by atoms with Gasteiger partial charge in [-0.25, -0.2) is 8.42 Å². The molecule has 1 saturated heterocycles. The van der Waals surface area contributed by atoms with Gasteiger partial charge in [-0.05, 0) is 38.0 Å². The van der Waals surface area contributed by atoms with Gasteiger partial charge in [-0.2, -0.15) is 0 Å². The first-order valence-electron chi connectivity index (χ1n) is 10.3. The van der Waals surface area contributed by atoms with Gasteiger partial charge in [0.15, 0.2) is 15.8 Å². The van der Waals surface area contributed by atoms with E-state index in [1.165, 1.54) is 25.7 Å². The number of carbonyl (C=O) groups is 1. The molecule has 1 amide bonds. The maximum Gasteiger partial charge on any atom is 0.222 e. The molecule has 0 aromatic carbocycles. The molecule has 1 atom stereocenters. The molecule has 2 fully saturated rings. The molecular weight excluding hydrogens is 364 g/mol. The van der Waals surface area contributed by atoms with E-state index in [1.54, 1.807) is 0 Å². The van der Waals surface area contributed by atoms with Crippen molar-refractivity contribution >= 4 is 21.7 Å². The molecule has 0 aromatic rings. The number of nitrogens with one attached hydrogen (secondary N) is 2. The van der Waals surface area contributed by atoms with Crippen molar-refractivity contribution in [3.63, 3.8) is 0 Å². The second-order valence-corrected chi connectivity index (χ2v) is 10.4. The van der Waals surface area contributed by atoms with E-state index in [0.29, 0.717) is 18.9 Å². The molecule has 27 heavy (non-hydrogen) atoms. The van der Waals surface area contributed by atoms with Crippen LogP contribution in [-0.2, 0) is 14.6 Å². The molecule has 1 aliphatic heterocycles. The van der Waals surface area contributed by atoms with Crippen LogP contribution >= 0.6 is 0 Å². The van der Waals surface area contributed by atoms with E-state index < -0.39 is 9.84 Å². The number of rotatable bonds is 7. The van der Waals surface area contributed by atoms with Gasteiger partial charge in [0, 0.05) is 32.6 Å². The SMILES string of the molecule is CCNC(=NCCC(=O)NC1CCS(=O)(=O)C1)N(C)CC1CCC(C)CC1. The van der Waals surface area contributed by atoms with E-state index in [9.17, 15) is 13.2 Å². The third-order valence-electron chi connectivity index (χ3n) is 5.56. The predicted molar refractivity (Wildman–Crippen MR) is 110 cm³/mol. The normalized spacial score (nSPS) is 28.0. The average molecular weight is 401 g/mol. The van der Waals surface area contributed by atoms with Gasteiger partial charge in [-0.1, -0.05) is 19.8 Å². The molecule has 2 N–H and O–H groups in total. The van der Waals surface area contributed by atoms with Crippen molar-refractivity contribution in [2.24, 2.45) is 16.8 Å². The van der Waals surface area contributed by atoms with Gasteiger partial charge < -0.3 is 15.5 Å². The molecule has 0 aromatic heterocycles. The molecule has 1 aliphatic carbocycles. The number of carbonyl (C=O) groups excluding carboxylic acids is 1. The van der Waals surface area contributed by atoms with E-state index in [2.05, 4.69) is 34.5 Å². The molecule has 2 aliphatic rings. The highest BCUT2D eigenvalue weighted by Gasteiger charge is 2.28. The largest absolute Gasteiger partial charge is 0.357 e. The molecule has 0 radical (unpaired) electrons. The van der Waals surface area contributed by atoms with Crippen molar-refractivity contribution in [1.29, 1.82) is 0 Å². The summed E-state index contributed by atoms with van der Waals surface area (Å²) in [6, 6.07) is -0.240. The molecule has 156 valence electrons. The summed E-state index contributed by atoms with van der Waals surface area (Å²) >= 11 is 0. The molecule has 7 nitrogen and oxygen atoms in total. The molecule has 2 rings (SSSR count). The highest BCUT2D eigenvalue weighted by molar-refractivity contribution is 7.91. The lowest BCUT2D eigenvalue weighted by Gasteiger charge is -2.31. The smallest absolute Gasteiger partial charge is 0.222 e. The Balaban J connectivity index is 1.77. The van der Waals surface area contributed by atoms with E-state index in [1.807, 2.05) is 6.92 Å². The summed E-state index contributed by atoms with van der Waals surface area (Å²) in [6.45, 7) is 6.55. The van der Waals surface area contributed by atoms with E-state index in [4.69, 9.17) is 0 Å². The maximum atomic E-state index is 12.1. The Labute approximate surface area is 164 Å². The van der Waals surface area contributed by atoms with Crippen molar-refractivity contribution in [2.75, 3.05) is 38.2 Å². The summed E-state index contributed by atoms with van der Waals surface area (Å²) in [5.41, 5.74) is 0. The van der Waals surface area contributed by atoms with Crippen LogP contribution in [0.3, 0.4) is 0 Å². The standard InChI is InChI=1S/C19H36N4O3S/c1-4-20-19(23(3)13-16-7-5-15(2)6-8-16)21-11-9-18(24)22-17-10-12-27(25,26)14-17/h15-17H,4-14H2,1-3H3,(H,20,21)(H,22,24). The Morgan fingerprint density at radius 2 is 1.89 bits per heavy atom. The fourth-order valence-corrected chi connectivity index (χ4v) is 5.60. The van der Waals surface area contributed by atoms with Crippen molar-refractivity contribution in [2.45, 2.75) is 58.4 Å². The molecular formula is C19H36N4O3S. The molecule has 1 unspecified atom stereocenters. The molecule has 8 heteroatoms. The van der Waals surface area contributed by atoms with Crippen LogP contribution in [0.1, 0.15) is 52.4 Å². The minimum atomic E-state index is -2.97. The number of aliphatic imine (C=N–C) groups is 1. The predicted octanol–water partition coefficient (Wildman–Crippen LogP) is 1.40. The number of nitrogens with zero attached hydrogens (tertiary/aromatic N) is 2. The van der Waals surface area contributed by atoms with Crippen LogP contribution in [0, 0.1) is 11.8 Å². The third kappa shape index (κ3) is 7.68. The van der Waals surface area contributed by atoms with Gasteiger partial charge in [0.2, 0.25) is 5.91 Å². The van der Waals surface area contributed by atoms with Gasteiger partial charge in [0.25, 0.3) is 0 Å². The molecule has 0 bridgehead atoms. The van der Waals surface area contributed by atoms with Crippen LogP contribution in [0.5, 0.6) is 0 Å². The third-order valence-corrected chi connectivity index (χ3v) is 7.33. The molecule has 1 saturated carbocycles. The van der Waals surface area contributed by atoms with Gasteiger partial charge in [0.1, 0.15) is 0 Å². The summed E-state index contributed by atoms with van der Waals surface area (Å²) in [6.07, 6.45) is 5.96. The topological polar surface area (TPSA) is 90.9 Å². The zero-order chi connectivity index (χ0) is 19.9. The van der Waals surface area contributed by atoms with Crippen LogP contribution in [0.25, 0.3) is 0 Å². The lowest BCUT2D eigenvalue weighted by Crippen LogP contribution is -2.42. The van der Waals surface area contributed by atoms with Crippen LogP contribution in [0.2, 0.25) is 0 Å². The summed E-state index contributed by atoms with van der Waals surface area (Å²) in [5, 5.41) is 6.12. The number of amides is 1. The van der Waals surface area contributed by atoms with E-state index in [0.717, 1.165) is 25.0 Å². The van der Waals surface area contributed by atoms with Crippen LogP contribution in [-0.4, -0.2) is 69.4 Å². The van der Waals surface area contributed by atoms with Gasteiger partial charge in [-0.3, -0.25) is 9.79 Å². The van der Waals surface area contributed by atoms with E-state index >= 15 is 0 Å². The van der Waals surface area contributed by atoms with Crippen molar-refractivity contribution in [3.8, 4) is 0 Å². The summed E-state index contributed by atoms with van der Waals surface area (Å²) < 4.78 is 22.9. The zero-order valence-corrected chi connectivity index (χ0v) is 17.9. The highest BCUT2D eigenvalue weighted by Crippen LogP contribution is 2.28. The maximum absolute atomic E-state index is 12.1. The number of hydrogen-bond donors (Lipinski definition) is 2. The minimum absolute atomic E-state index is 0.0629. The fraction of sp³-hybridized carbons (Fsp3) is 0.895. The number of sulfone groups is 1. The van der Waals surface area contributed by atoms with Crippen LogP contribution < -0.4 is 10.6 Å². The quantitative estimate of drug-likeness (QED) is 0.498. The van der Waals surface area contributed by atoms with Gasteiger partial charge in [0.05, 0.1) is 18.1 Å². The Morgan fingerprint density at radius 3 is 2.48 bits per heavy atom. The van der Waals surface area contributed by atoms with Crippen LogP contribution in [0.4, 0.5) is 0 Å². The Kier molecular flexibility index (Phi) is 8.38. The highest BCUT2D eigenvalue weighted by atomic mass is 32.2. The lowest BCUT2D eigenvalue weighted by molar-refractivity contribution is -0.121. The first-order valence-corrected chi connectivity index (χ1v) is 12.1. The lowest BCUT2D eigenvalue weighted by atomic mass is 9.83. The summed E-state index contributed by atoms with van der Waals surface area (Å²) in [4.78, 5) is 18.8. The van der Waals surface area contributed by atoms with Gasteiger partial charge >= 0.3 is 0 Å². The number of guanidine groups is 1. The summed E-state index contributed by atoms with van der Waals surface area (Å²) in [5.74, 6) is 2.51. The van der Waals surface area contributed by atoms with Crippen molar-refractivity contribution < 1.29 is 13.2 Å². The van der Waals surface area contributed by atoms with Crippen molar-refractivity contribution in [1.82, 2.24) is 15.5 Å². The first-order chi connectivity index (χ1) is 12.8. The average Bonchev–Trinajstić information content (AvgIpc) is 2.94. The van der Waals surface area contributed by atoms with E-state index in [-0.39, 0.29) is 29.9 Å². The second kappa shape index (κ2) is 10.3. The monoisotopic (exact) mass is 400 g/mol. The number of hydrogen-bond acceptors (Lipinski definition) is 4. The second-order valence-electron chi connectivity index (χ2n) is 8.16. The van der Waals surface area contributed by atoms with Crippen LogP contribution in [0.15, 0.2) is 4.99 Å². The molecule has 0 spiro atoms. The minimum Gasteiger partial charge on any atom is -0.357 e. The molecule has 1 heterocycles. The zero-order valence-electron chi connectivity index (χ0n) is 17.0. The Hall–Kier alpha value is -1.31. The fourth-order valence-electron chi connectivity index (χ4n) is 3.93. The Morgan fingerprint density at radius 1 is 1.19 bits per heavy atom. The first kappa shape index (κ1) is 22.0. The Bertz CT molecular complexity index is 612. The van der Waals surface area contributed by atoms with Gasteiger partial charge in [-0.15, -0.1) is 0 Å².